The number of nitrogens with zero attached hydrogens (tertiary/aromatic N) is 1. The lowest BCUT2D eigenvalue weighted by Crippen LogP contribution is -2.28. The Morgan fingerprint density at radius 3 is 2.60 bits per heavy atom. The van der Waals surface area contributed by atoms with Gasteiger partial charge in [-0.05, 0) is 48.8 Å². The highest BCUT2D eigenvalue weighted by Crippen LogP contribution is 2.43. The lowest BCUT2D eigenvalue weighted by Gasteiger charge is -2.31. The molecule has 3 N–H and O–H groups in total. The van der Waals surface area contributed by atoms with E-state index in [1.54, 1.807) is 6.07 Å². The van der Waals surface area contributed by atoms with E-state index in [-0.39, 0.29) is 0 Å². The van der Waals surface area contributed by atoms with Crippen molar-refractivity contribution in [2.24, 2.45) is 11.3 Å². The average Bonchev–Trinajstić information content (AvgIpc) is 2.84. The van der Waals surface area contributed by atoms with Gasteiger partial charge < -0.3 is 11.1 Å². The highest BCUT2D eigenvalue weighted by molar-refractivity contribution is 5.62. The van der Waals surface area contributed by atoms with Crippen molar-refractivity contribution in [2.75, 3.05) is 17.6 Å². The maximum Gasteiger partial charge on any atom is 0.101 e. The molecule has 0 heterocycles. The molecule has 1 saturated carbocycles. The number of rotatable bonds is 5. The number of nitriles is 1. The zero-order chi connectivity index (χ0) is 14.6. The van der Waals surface area contributed by atoms with E-state index in [9.17, 15) is 0 Å². The van der Waals surface area contributed by atoms with Crippen LogP contribution in [0.25, 0.3) is 0 Å². The summed E-state index contributed by atoms with van der Waals surface area (Å²) < 4.78 is 0. The lowest BCUT2D eigenvalue weighted by atomic mass is 9.78. The summed E-state index contributed by atoms with van der Waals surface area (Å²) in [5, 5.41) is 12.4. The Morgan fingerprint density at radius 2 is 2.05 bits per heavy atom. The summed E-state index contributed by atoms with van der Waals surface area (Å²) in [7, 11) is 0. The van der Waals surface area contributed by atoms with Crippen molar-refractivity contribution in [3.8, 4) is 6.07 Å². The molecule has 0 radical (unpaired) electrons. The molecule has 1 aliphatic carbocycles. The van der Waals surface area contributed by atoms with Crippen molar-refractivity contribution >= 4 is 11.4 Å². The Balaban J connectivity index is 2.03. The minimum Gasteiger partial charge on any atom is -0.398 e. The van der Waals surface area contributed by atoms with Gasteiger partial charge in [0.1, 0.15) is 6.07 Å². The van der Waals surface area contributed by atoms with Gasteiger partial charge in [0, 0.05) is 12.2 Å². The molecule has 3 nitrogen and oxygen atoms in total. The largest absolute Gasteiger partial charge is 0.398 e. The molecule has 3 heteroatoms. The van der Waals surface area contributed by atoms with E-state index in [0.717, 1.165) is 18.2 Å². The van der Waals surface area contributed by atoms with E-state index >= 15 is 0 Å². The molecule has 2 rings (SSSR count). The van der Waals surface area contributed by atoms with Crippen LogP contribution in [-0.2, 0) is 0 Å². The van der Waals surface area contributed by atoms with E-state index in [0.29, 0.717) is 16.7 Å². The van der Waals surface area contributed by atoms with Crippen LogP contribution in [0.2, 0.25) is 0 Å². The smallest absolute Gasteiger partial charge is 0.101 e. The minimum atomic E-state index is 0.441. The molecule has 1 aromatic rings. The normalized spacial score (nSPS) is 17.1. The van der Waals surface area contributed by atoms with Gasteiger partial charge in [0.05, 0.1) is 11.3 Å². The number of benzene rings is 1. The van der Waals surface area contributed by atoms with Crippen molar-refractivity contribution in [3.63, 3.8) is 0 Å². The first kappa shape index (κ1) is 14.7. The van der Waals surface area contributed by atoms with E-state index in [4.69, 9.17) is 11.0 Å². The van der Waals surface area contributed by atoms with Gasteiger partial charge in [0.15, 0.2) is 0 Å². The second-order valence-electron chi connectivity index (χ2n) is 6.57. The molecule has 108 valence electrons. The number of nitrogens with one attached hydrogen (secondary N) is 1. The molecule has 1 aromatic carbocycles. The zero-order valence-electron chi connectivity index (χ0n) is 12.6. The van der Waals surface area contributed by atoms with Crippen LogP contribution in [0.15, 0.2) is 18.2 Å². The summed E-state index contributed by atoms with van der Waals surface area (Å²) in [5.41, 5.74) is 8.44. The quantitative estimate of drug-likeness (QED) is 0.790. The van der Waals surface area contributed by atoms with E-state index in [2.05, 4.69) is 25.2 Å². The topological polar surface area (TPSA) is 61.8 Å². The molecule has 20 heavy (non-hydrogen) atoms. The molecule has 0 amide bonds. The van der Waals surface area contributed by atoms with Crippen molar-refractivity contribution in [3.05, 3.63) is 23.8 Å². The second kappa shape index (κ2) is 6.17. The fourth-order valence-corrected chi connectivity index (χ4v) is 3.51. The first-order valence-corrected chi connectivity index (χ1v) is 7.58. The molecule has 0 bridgehead atoms. The van der Waals surface area contributed by atoms with Crippen LogP contribution >= 0.6 is 0 Å². The van der Waals surface area contributed by atoms with E-state index in [1.807, 2.05) is 12.1 Å². The third kappa shape index (κ3) is 3.45. The van der Waals surface area contributed by atoms with Crippen LogP contribution in [0.1, 0.15) is 51.5 Å². The molecule has 0 aliphatic heterocycles. The monoisotopic (exact) mass is 271 g/mol. The van der Waals surface area contributed by atoms with E-state index < -0.39 is 0 Å². The number of hydrogen-bond donors (Lipinski definition) is 2. The van der Waals surface area contributed by atoms with Gasteiger partial charge in [-0.15, -0.1) is 0 Å². The SMILES string of the molecule is CC(C)CC1(CNc2ccc(C#N)c(N)c2)CCCC1. The molecule has 0 aromatic heterocycles. The molecule has 1 fully saturated rings. The van der Waals surface area contributed by atoms with Crippen molar-refractivity contribution in [2.45, 2.75) is 46.0 Å². The van der Waals surface area contributed by atoms with Gasteiger partial charge >= 0.3 is 0 Å². The second-order valence-corrected chi connectivity index (χ2v) is 6.57. The Bertz CT molecular complexity index is 493. The van der Waals surface area contributed by atoms with Crippen molar-refractivity contribution in [1.82, 2.24) is 0 Å². The molecule has 0 spiro atoms. The first-order chi connectivity index (χ1) is 9.54. The van der Waals surface area contributed by atoms with Crippen LogP contribution < -0.4 is 11.1 Å². The van der Waals surface area contributed by atoms with Crippen molar-refractivity contribution < 1.29 is 0 Å². The Labute approximate surface area is 122 Å². The van der Waals surface area contributed by atoms with Crippen LogP contribution in [0, 0.1) is 22.7 Å². The summed E-state index contributed by atoms with van der Waals surface area (Å²) in [6, 6.07) is 7.72. The van der Waals surface area contributed by atoms with Gasteiger partial charge in [-0.3, -0.25) is 0 Å². The van der Waals surface area contributed by atoms with Crippen LogP contribution in [-0.4, -0.2) is 6.54 Å². The maximum absolute atomic E-state index is 8.90. The number of anilines is 2. The average molecular weight is 271 g/mol. The standard InChI is InChI=1S/C17H25N3/c1-13(2)10-17(7-3-4-8-17)12-20-15-6-5-14(11-18)16(19)9-15/h5-6,9,13,20H,3-4,7-8,10,12,19H2,1-2H3. The Hall–Kier alpha value is -1.69. The maximum atomic E-state index is 8.90. The first-order valence-electron chi connectivity index (χ1n) is 7.58. The molecule has 1 aliphatic rings. The fourth-order valence-electron chi connectivity index (χ4n) is 3.51. The lowest BCUT2D eigenvalue weighted by molar-refractivity contribution is 0.252. The summed E-state index contributed by atoms with van der Waals surface area (Å²) in [5.74, 6) is 0.737. The number of nitrogen functional groups attached to an aromatic ring is 1. The number of hydrogen-bond acceptors (Lipinski definition) is 3. The van der Waals surface area contributed by atoms with Gasteiger partial charge in [-0.1, -0.05) is 26.7 Å². The predicted molar refractivity (Wildman–Crippen MR) is 84.4 cm³/mol. The van der Waals surface area contributed by atoms with E-state index in [1.165, 1.54) is 32.1 Å². The Morgan fingerprint density at radius 1 is 1.35 bits per heavy atom. The third-order valence-corrected chi connectivity index (χ3v) is 4.35. The van der Waals surface area contributed by atoms with Crippen LogP contribution in [0.5, 0.6) is 0 Å². The molecule has 0 unspecified atom stereocenters. The summed E-state index contributed by atoms with van der Waals surface area (Å²) in [6.45, 7) is 5.62. The third-order valence-electron chi connectivity index (χ3n) is 4.35. The van der Waals surface area contributed by atoms with Gasteiger partial charge in [0.2, 0.25) is 0 Å². The van der Waals surface area contributed by atoms with Crippen molar-refractivity contribution in [1.29, 1.82) is 5.26 Å². The summed E-state index contributed by atoms with van der Waals surface area (Å²) >= 11 is 0. The predicted octanol–water partition coefficient (Wildman–Crippen LogP) is 4.16. The molecular formula is C17H25N3. The fraction of sp³-hybridized carbons (Fsp3) is 0.588. The van der Waals surface area contributed by atoms with Gasteiger partial charge in [-0.25, -0.2) is 0 Å². The molecule has 0 saturated heterocycles. The molecular weight excluding hydrogens is 246 g/mol. The van der Waals surface area contributed by atoms with Crippen LogP contribution in [0.4, 0.5) is 11.4 Å². The van der Waals surface area contributed by atoms with Crippen LogP contribution in [0.3, 0.4) is 0 Å². The zero-order valence-corrected chi connectivity index (χ0v) is 12.6. The van der Waals surface area contributed by atoms with Gasteiger partial charge in [0.25, 0.3) is 0 Å². The molecule has 0 atom stereocenters. The Kier molecular flexibility index (Phi) is 4.54. The summed E-state index contributed by atoms with van der Waals surface area (Å²) in [4.78, 5) is 0. The highest BCUT2D eigenvalue weighted by Gasteiger charge is 2.34. The minimum absolute atomic E-state index is 0.441. The highest BCUT2D eigenvalue weighted by atomic mass is 14.9. The summed E-state index contributed by atoms with van der Waals surface area (Å²) in [6.07, 6.45) is 6.63. The van der Waals surface area contributed by atoms with Gasteiger partial charge in [-0.2, -0.15) is 5.26 Å². The number of nitrogens with two attached hydrogens (primary N) is 1.